The van der Waals surface area contributed by atoms with Crippen LogP contribution in [0, 0.1) is 0 Å². The summed E-state index contributed by atoms with van der Waals surface area (Å²) in [7, 11) is 0. The lowest BCUT2D eigenvalue weighted by atomic mass is 10.2. The molecule has 2 aromatic rings. The molecule has 0 spiro atoms. The molecule has 0 radical (unpaired) electrons. The van der Waals surface area contributed by atoms with E-state index in [9.17, 15) is 22.8 Å². The smallest absolute Gasteiger partial charge is 0.422 e. The number of anilines is 1. The molecule has 3 N–H and O–H groups in total. The summed E-state index contributed by atoms with van der Waals surface area (Å²) in [6, 6.07) is 12.1. The summed E-state index contributed by atoms with van der Waals surface area (Å²) in [6.07, 6.45) is -1.55. The minimum atomic E-state index is -4.41. The molecule has 28 heavy (non-hydrogen) atoms. The molecule has 0 aliphatic carbocycles. The molecule has 0 saturated carbocycles. The zero-order valence-electron chi connectivity index (χ0n) is 14.5. The van der Waals surface area contributed by atoms with E-state index in [1.165, 1.54) is 30.3 Å². The summed E-state index contributed by atoms with van der Waals surface area (Å²) in [6.45, 7) is -1.61. The van der Waals surface area contributed by atoms with Crippen molar-refractivity contribution < 1.29 is 32.2 Å². The molecule has 0 aliphatic rings. The fourth-order valence-corrected chi connectivity index (χ4v) is 1.99. The van der Waals surface area contributed by atoms with Crippen molar-refractivity contribution in [1.29, 1.82) is 0 Å². The third-order valence-electron chi connectivity index (χ3n) is 3.21. The Kier molecular flexibility index (Phi) is 7.02. The summed E-state index contributed by atoms with van der Waals surface area (Å²) < 4.78 is 46.0. The quantitative estimate of drug-likeness (QED) is 0.673. The molecule has 0 bridgehead atoms. The zero-order valence-corrected chi connectivity index (χ0v) is 14.5. The van der Waals surface area contributed by atoms with Crippen LogP contribution < -0.4 is 20.5 Å². The van der Waals surface area contributed by atoms with E-state index in [2.05, 4.69) is 10.1 Å². The molecule has 9 heteroatoms. The maximum Gasteiger partial charge on any atom is 0.422 e. The first-order valence-corrected chi connectivity index (χ1v) is 8.01. The number of nitrogens with two attached hydrogens (primary N) is 1. The van der Waals surface area contributed by atoms with Gasteiger partial charge in [-0.2, -0.15) is 13.2 Å². The van der Waals surface area contributed by atoms with Gasteiger partial charge in [-0.25, -0.2) is 0 Å². The highest BCUT2D eigenvalue weighted by Crippen LogP contribution is 2.20. The molecule has 0 aliphatic heterocycles. The number of alkyl halides is 3. The molecule has 0 fully saturated rings. The van der Waals surface area contributed by atoms with Gasteiger partial charge in [-0.3, -0.25) is 9.59 Å². The van der Waals surface area contributed by atoms with E-state index in [0.717, 1.165) is 5.56 Å². The van der Waals surface area contributed by atoms with Crippen LogP contribution in [-0.2, 0) is 9.59 Å². The predicted molar refractivity (Wildman–Crippen MR) is 96.8 cm³/mol. The van der Waals surface area contributed by atoms with Crippen LogP contribution in [0.5, 0.6) is 11.5 Å². The number of ether oxygens (including phenoxy) is 2. The Morgan fingerprint density at radius 1 is 0.964 bits per heavy atom. The zero-order chi connectivity index (χ0) is 20.6. The molecule has 0 unspecified atom stereocenters. The summed E-state index contributed by atoms with van der Waals surface area (Å²) in [5, 5.41) is 2.58. The Balaban J connectivity index is 1.85. The maximum absolute atomic E-state index is 12.1. The number of carbonyl (C=O) groups excluding carboxylic acids is 2. The normalized spacial score (nSPS) is 11.2. The molecule has 0 heterocycles. The van der Waals surface area contributed by atoms with Gasteiger partial charge in [-0.1, -0.05) is 12.1 Å². The third kappa shape index (κ3) is 7.81. The van der Waals surface area contributed by atoms with E-state index in [1.54, 1.807) is 30.3 Å². The summed E-state index contributed by atoms with van der Waals surface area (Å²) in [4.78, 5) is 22.6. The van der Waals surface area contributed by atoms with Crippen LogP contribution in [0.25, 0.3) is 6.08 Å². The predicted octanol–water partition coefficient (Wildman–Crippen LogP) is 3.14. The van der Waals surface area contributed by atoms with Gasteiger partial charge in [0.05, 0.1) is 0 Å². The topological polar surface area (TPSA) is 90.7 Å². The number of hydrogen-bond donors (Lipinski definition) is 2. The SMILES string of the molecule is NC(=O)COc1ccc(/C=C/C(=O)Nc2ccc(OCC(F)(F)F)cc2)cc1. The molecular formula is C19H17F3N2O4. The molecule has 0 aromatic heterocycles. The van der Waals surface area contributed by atoms with Gasteiger partial charge in [0.2, 0.25) is 5.91 Å². The van der Waals surface area contributed by atoms with Crippen LogP contribution in [0.2, 0.25) is 0 Å². The van der Waals surface area contributed by atoms with Gasteiger partial charge in [-0.05, 0) is 48.0 Å². The number of benzene rings is 2. The highest BCUT2D eigenvalue weighted by atomic mass is 19.4. The summed E-state index contributed by atoms with van der Waals surface area (Å²) in [5.41, 5.74) is 6.11. The molecule has 0 atom stereocenters. The second kappa shape index (κ2) is 9.45. The lowest BCUT2D eigenvalue weighted by molar-refractivity contribution is -0.153. The van der Waals surface area contributed by atoms with E-state index in [-0.39, 0.29) is 12.4 Å². The fourth-order valence-electron chi connectivity index (χ4n) is 1.99. The number of primary amides is 1. The average Bonchev–Trinajstić information content (AvgIpc) is 2.64. The Bertz CT molecular complexity index is 832. The van der Waals surface area contributed by atoms with Crippen LogP contribution in [0.3, 0.4) is 0 Å². The summed E-state index contributed by atoms with van der Waals surface area (Å²) in [5.74, 6) is -0.489. The molecule has 148 valence electrons. The van der Waals surface area contributed by atoms with Gasteiger partial charge in [0.25, 0.3) is 5.91 Å². The average molecular weight is 394 g/mol. The van der Waals surface area contributed by atoms with Crippen molar-refractivity contribution in [3.05, 3.63) is 60.2 Å². The Hall–Kier alpha value is -3.49. The number of nitrogens with one attached hydrogen (secondary N) is 1. The van der Waals surface area contributed by atoms with Gasteiger partial charge in [0, 0.05) is 11.8 Å². The van der Waals surface area contributed by atoms with Gasteiger partial charge in [-0.15, -0.1) is 0 Å². The summed E-state index contributed by atoms with van der Waals surface area (Å²) >= 11 is 0. The van der Waals surface area contributed by atoms with E-state index in [0.29, 0.717) is 11.4 Å². The monoisotopic (exact) mass is 394 g/mol. The van der Waals surface area contributed by atoms with Crippen molar-refractivity contribution in [2.75, 3.05) is 18.5 Å². The lowest BCUT2D eigenvalue weighted by Crippen LogP contribution is -2.19. The third-order valence-corrected chi connectivity index (χ3v) is 3.21. The first kappa shape index (κ1) is 20.8. The minimum Gasteiger partial charge on any atom is -0.484 e. The van der Waals surface area contributed by atoms with Crippen LogP contribution >= 0.6 is 0 Å². The number of amides is 2. The standard InChI is InChI=1S/C19H17F3N2O4/c20-19(21,22)12-28-16-8-4-14(5-9-16)24-18(26)10-3-13-1-6-15(7-2-13)27-11-17(23)25/h1-10H,11-12H2,(H2,23,25)(H,24,26)/b10-3+. The van der Waals surface area contributed by atoms with Gasteiger partial charge in [0.15, 0.2) is 13.2 Å². The Morgan fingerprint density at radius 3 is 2.11 bits per heavy atom. The second-order valence-electron chi connectivity index (χ2n) is 5.57. The van der Waals surface area contributed by atoms with Crippen molar-refractivity contribution >= 4 is 23.6 Å². The number of rotatable bonds is 8. The molecular weight excluding hydrogens is 377 g/mol. The van der Waals surface area contributed by atoms with Crippen molar-refractivity contribution in [3.63, 3.8) is 0 Å². The van der Waals surface area contributed by atoms with Crippen LogP contribution in [0.4, 0.5) is 18.9 Å². The first-order valence-electron chi connectivity index (χ1n) is 8.01. The first-order chi connectivity index (χ1) is 13.2. The molecule has 2 rings (SSSR count). The van der Waals surface area contributed by atoms with Gasteiger partial charge < -0.3 is 20.5 Å². The molecule has 6 nitrogen and oxygen atoms in total. The van der Waals surface area contributed by atoms with Gasteiger partial charge >= 0.3 is 6.18 Å². The maximum atomic E-state index is 12.1. The molecule has 2 aromatic carbocycles. The van der Waals surface area contributed by atoms with Crippen LogP contribution in [-0.4, -0.2) is 31.2 Å². The number of halogens is 3. The van der Waals surface area contributed by atoms with Crippen LogP contribution in [0.15, 0.2) is 54.6 Å². The van der Waals surface area contributed by atoms with E-state index in [1.807, 2.05) is 0 Å². The highest BCUT2D eigenvalue weighted by Gasteiger charge is 2.28. The van der Waals surface area contributed by atoms with Gasteiger partial charge in [0.1, 0.15) is 11.5 Å². The number of hydrogen-bond acceptors (Lipinski definition) is 4. The largest absolute Gasteiger partial charge is 0.484 e. The van der Waals surface area contributed by atoms with Crippen molar-refractivity contribution in [2.24, 2.45) is 5.73 Å². The highest BCUT2D eigenvalue weighted by molar-refractivity contribution is 6.01. The fraction of sp³-hybridized carbons (Fsp3) is 0.158. The van der Waals surface area contributed by atoms with E-state index < -0.39 is 24.6 Å². The molecule has 0 saturated heterocycles. The Morgan fingerprint density at radius 2 is 1.54 bits per heavy atom. The number of carbonyl (C=O) groups is 2. The molecule has 2 amide bonds. The Labute approximate surface area is 158 Å². The van der Waals surface area contributed by atoms with Crippen molar-refractivity contribution in [2.45, 2.75) is 6.18 Å². The van der Waals surface area contributed by atoms with Crippen molar-refractivity contribution in [1.82, 2.24) is 0 Å². The minimum absolute atomic E-state index is 0.0458. The second-order valence-corrected chi connectivity index (χ2v) is 5.57. The van der Waals surface area contributed by atoms with E-state index >= 15 is 0 Å². The lowest BCUT2D eigenvalue weighted by Gasteiger charge is -2.09. The van der Waals surface area contributed by atoms with Crippen molar-refractivity contribution in [3.8, 4) is 11.5 Å². The van der Waals surface area contributed by atoms with Crippen LogP contribution in [0.1, 0.15) is 5.56 Å². The van der Waals surface area contributed by atoms with E-state index in [4.69, 9.17) is 10.5 Å².